The molecular formula is C8H8LiNO2. The molecule has 0 aliphatic carbocycles. The minimum atomic E-state index is -1.03. The molecule has 4 heteroatoms. The van der Waals surface area contributed by atoms with Crippen molar-refractivity contribution in [3.8, 4) is 0 Å². The molecule has 0 saturated heterocycles. The van der Waals surface area contributed by atoms with Gasteiger partial charge < -0.3 is 9.90 Å². The predicted octanol–water partition coefficient (Wildman–Crippen LogP) is -3.23. The summed E-state index contributed by atoms with van der Waals surface area (Å²) in [6.45, 7) is 0. The molecule has 0 atom stereocenters. The van der Waals surface area contributed by atoms with Crippen molar-refractivity contribution in [3.63, 3.8) is 0 Å². The van der Waals surface area contributed by atoms with Gasteiger partial charge in [-0.1, -0.05) is 6.07 Å². The second kappa shape index (κ2) is 5.82. The molecule has 0 radical (unpaired) electrons. The average Bonchev–Trinajstić information content (AvgIpc) is 2.03. The van der Waals surface area contributed by atoms with Gasteiger partial charge in [0, 0.05) is 17.9 Å². The predicted molar refractivity (Wildman–Crippen MR) is 37.6 cm³/mol. The summed E-state index contributed by atoms with van der Waals surface area (Å²) in [6, 6.07) is 5.42. The van der Waals surface area contributed by atoms with Crippen LogP contribution in [0.4, 0.5) is 0 Å². The zero-order chi connectivity index (χ0) is 8.10. The maximum atomic E-state index is 10.0. The molecule has 0 spiro atoms. The van der Waals surface area contributed by atoms with E-state index >= 15 is 0 Å². The van der Waals surface area contributed by atoms with Crippen molar-refractivity contribution < 1.29 is 28.8 Å². The number of carbonyl (C=O) groups is 1. The van der Waals surface area contributed by atoms with Crippen molar-refractivity contribution in [2.45, 2.75) is 12.8 Å². The van der Waals surface area contributed by atoms with E-state index < -0.39 is 5.97 Å². The molecule has 0 amide bonds. The Bertz CT molecular complexity index is 238. The van der Waals surface area contributed by atoms with E-state index in [1.807, 2.05) is 6.07 Å². The number of rotatable bonds is 3. The molecule has 58 valence electrons. The molecule has 0 aliphatic heterocycles. The van der Waals surface area contributed by atoms with Crippen LogP contribution in [-0.2, 0) is 11.2 Å². The van der Waals surface area contributed by atoms with Gasteiger partial charge in [-0.25, -0.2) is 0 Å². The van der Waals surface area contributed by atoms with Gasteiger partial charge in [0.1, 0.15) is 0 Å². The molecule has 1 aromatic heterocycles. The van der Waals surface area contributed by atoms with Crippen LogP contribution in [0.3, 0.4) is 0 Å². The van der Waals surface area contributed by atoms with Gasteiger partial charge in [0.15, 0.2) is 0 Å². The molecular weight excluding hydrogens is 149 g/mol. The Balaban J connectivity index is 0.00000121. The Hall–Kier alpha value is -0.783. The average molecular weight is 157 g/mol. The summed E-state index contributed by atoms with van der Waals surface area (Å²) in [5, 5.41) is 10.0. The summed E-state index contributed by atoms with van der Waals surface area (Å²) in [7, 11) is 0. The van der Waals surface area contributed by atoms with E-state index in [0.717, 1.165) is 5.69 Å². The summed E-state index contributed by atoms with van der Waals surface area (Å²) in [5.41, 5.74) is 0.789. The molecule has 0 N–H and O–H groups in total. The first-order valence-corrected chi connectivity index (χ1v) is 3.39. The number of aliphatic carboxylic acids is 1. The van der Waals surface area contributed by atoms with Gasteiger partial charge in [-0.3, -0.25) is 4.98 Å². The molecule has 0 unspecified atom stereocenters. The minimum Gasteiger partial charge on any atom is -0.550 e. The molecule has 0 bridgehead atoms. The normalized spacial score (nSPS) is 8.67. The van der Waals surface area contributed by atoms with Crippen LogP contribution < -0.4 is 24.0 Å². The minimum absolute atomic E-state index is 0. The number of nitrogens with zero attached hydrogens (tertiary/aromatic N) is 1. The third-order valence-electron chi connectivity index (χ3n) is 1.31. The maximum Gasteiger partial charge on any atom is 1.00 e. The fraction of sp³-hybridized carbons (Fsp3) is 0.250. The number of aromatic nitrogens is 1. The van der Waals surface area contributed by atoms with Crippen LogP contribution in [0.2, 0.25) is 0 Å². The largest absolute Gasteiger partial charge is 1.00 e. The second-order valence-electron chi connectivity index (χ2n) is 2.19. The van der Waals surface area contributed by atoms with E-state index in [9.17, 15) is 9.90 Å². The molecule has 12 heavy (non-hydrogen) atoms. The van der Waals surface area contributed by atoms with Crippen LogP contribution in [0.25, 0.3) is 0 Å². The molecule has 0 aliphatic rings. The summed E-state index contributed by atoms with van der Waals surface area (Å²) < 4.78 is 0. The van der Waals surface area contributed by atoms with Crippen molar-refractivity contribution in [1.82, 2.24) is 4.98 Å². The first-order chi connectivity index (χ1) is 5.29. The molecule has 1 heterocycles. The van der Waals surface area contributed by atoms with Gasteiger partial charge in [-0.15, -0.1) is 0 Å². The fourth-order valence-electron chi connectivity index (χ4n) is 0.776. The molecule has 1 aromatic rings. The van der Waals surface area contributed by atoms with Gasteiger partial charge in [0.2, 0.25) is 0 Å². The Labute approximate surface area is 83.0 Å². The number of carboxylic acid groups (broad SMARTS) is 1. The topological polar surface area (TPSA) is 53.0 Å². The van der Waals surface area contributed by atoms with E-state index in [4.69, 9.17) is 0 Å². The van der Waals surface area contributed by atoms with Gasteiger partial charge >= 0.3 is 18.9 Å². The first-order valence-electron chi connectivity index (χ1n) is 3.39. The summed E-state index contributed by atoms with van der Waals surface area (Å²) in [4.78, 5) is 14.0. The van der Waals surface area contributed by atoms with Crippen molar-refractivity contribution in [2.75, 3.05) is 0 Å². The van der Waals surface area contributed by atoms with Gasteiger partial charge in [0.05, 0.1) is 0 Å². The maximum absolute atomic E-state index is 10.0. The molecule has 0 saturated carbocycles. The van der Waals surface area contributed by atoms with E-state index in [-0.39, 0.29) is 25.3 Å². The van der Waals surface area contributed by atoms with Crippen molar-refractivity contribution in [3.05, 3.63) is 30.1 Å². The molecule has 0 aromatic carbocycles. The summed E-state index contributed by atoms with van der Waals surface area (Å²) >= 11 is 0. The Morgan fingerprint density at radius 2 is 2.25 bits per heavy atom. The number of carbonyl (C=O) groups excluding carboxylic acids is 1. The van der Waals surface area contributed by atoms with Gasteiger partial charge in [-0.2, -0.15) is 0 Å². The Morgan fingerprint density at radius 3 is 2.75 bits per heavy atom. The standard InChI is InChI=1S/C8H9NO2.Li/c10-8(11)5-4-7-3-1-2-6-9-7;/h1-3,6H,4-5H2,(H,10,11);/q;+1/p-1. The Morgan fingerprint density at radius 1 is 1.50 bits per heavy atom. The van der Waals surface area contributed by atoms with E-state index in [2.05, 4.69) is 4.98 Å². The molecule has 3 nitrogen and oxygen atoms in total. The van der Waals surface area contributed by atoms with E-state index in [1.54, 1.807) is 18.3 Å². The third kappa shape index (κ3) is 4.17. The van der Waals surface area contributed by atoms with E-state index in [0.29, 0.717) is 6.42 Å². The second-order valence-corrected chi connectivity index (χ2v) is 2.19. The summed E-state index contributed by atoms with van der Waals surface area (Å²) in [5.74, 6) is -1.03. The van der Waals surface area contributed by atoms with Crippen LogP contribution in [-0.4, -0.2) is 11.0 Å². The zero-order valence-electron chi connectivity index (χ0n) is 6.99. The van der Waals surface area contributed by atoms with Gasteiger partial charge in [0.25, 0.3) is 0 Å². The van der Waals surface area contributed by atoms with Crippen molar-refractivity contribution in [1.29, 1.82) is 0 Å². The van der Waals surface area contributed by atoms with Crippen molar-refractivity contribution in [2.24, 2.45) is 0 Å². The smallest absolute Gasteiger partial charge is 0.550 e. The van der Waals surface area contributed by atoms with Crippen molar-refractivity contribution >= 4 is 5.97 Å². The number of pyridine rings is 1. The number of carboxylic acids is 1. The van der Waals surface area contributed by atoms with E-state index in [1.165, 1.54) is 0 Å². The molecule has 0 fully saturated rings. The third-order valence-corrected chi connectivity index (χ3v) is 1.31. The zero-order valence-corrected chi connectivity index (χ0v) is 6.99. The first kappa shape index (κ1) is 11.2. The Kier molecular flexibility index (Phi) is 5.44. The quantitative estimate of drug-likeness (QED) is 0.433. The number of aryl methyl sites for hydroxylation is 1. The van der Waals surface area contributed by atoms with Crippen LogP contribution in [0.1, 0.15) is 12.1 Å². The summed E-state index contributed by atoms with van der Waals surface area (Å²) in [6.07, 6.45) is 2.13. The number of hydrogen-bond donors (Lipinski definition) is 0. The van der Waals surface area contributed by atoms with Crippen LogP contribution in [0.15, 0.2) is 24.4 Å². The number of hydrogen-bond acceptors (Lipinski definition) is 3. The van der Waals surface area contributed by atoms with Gasteiger partial charge in [-0.05, 0) is 25.0 Å². The van der Waals surface area contributed by atoms with Crippen LogP contribution in [0.5, 0.6) is 0 Å². The van der Waals surface area contributed by atoms with Crippen LogP contribution in [0, 0.1) is 0 Å². The monoisotopic (exact) mass is 157 g/mol. The fourth-order valence-corrected chi connectivity index (χ4v) is 0.776. The molecule has 1 rings (SSSR count). The SMILES string of the molecule is O=C([O-])CCc1ccccn1.[Li+]. The van der Waals surface area contributed by atoms with Crippen LogP contribution >= 0.6 is 0 Å².